The number of terminal acetylenes is 1. The summed E-state index contributed by atoms with van der Waals surface area (Å²) in [6.45, 7) is 4.44. The van der Waals surface area contributed by atoms with Crippen LogP contribution in [0.25, 0.3) is 0 Å². The van der Waals surface area contributed by atoms with Crippen LogP contribution in [-0.4, -0.2) is 5.78 Å². The third-order valence-electron chi connectivity index (χ3n) is 9.68. The number of hydrogen-bond donors (Lipinski definition) is 0. The van der Waals surface area contributed by atoms with Crippen LogP contribution in [0.2, 0.25) is 0 Å². The SMILES string of the molecule is C#C[C@]1(C(=O)c2ccc(C)cc2)CC[C@H]2[C@@H]3CCC4CC=CC[C@@H]4[C@H]3CC[C@@]21C. The van der Waals surface area contributed by atoms with Crippen molar-refractivity contribution in [3.8, 4) is 12.3 Å². The zero-order valence-electron chi connectivity index (χ0n) is 18.0. The highest BCUT2D eigenvalue weighted by atomic mass is 16.1. The zero-order valence-corrected chi connectivity index (χ0v) is 18.0. The summed E-state index contributed by atoms with van der Waals surface area (Å²) in [5.74, 6) is 7.32. The molecular weight excluding hydrogens is 352 g/mol. The zero-order chi connectivity index (χ0) is 20.2. The fourth-order valence-corrected chi connectivity index (χ4v) is 8.09. The molecule has 1 aromatic carbocycles. The molecule has 0 N–H and O–H groups in total. The van der Waals surface area contributed by atoms with Crippen molar-refractivity contribution in [2.45, 2.75) is 65.2 Å². The highest BCUT2D eigenvalue weighted by Crippen LogP contribution is 2.68. The highest BCUT2D eigenvalue weighted by Gasteiger charge is 2.65. The Morgan fingerprint density at radius 3 is 2.48 bits per heavy atom. The van der Waals surface area contributed by atoms with Crippen molar-refractivity contribution in [3.05, 3.63) is 47.5 Å². The lowest BCUT2D eigenvalue weighted by atomic mass is 9.47. The molecule has 0 amide bonds. The summed E-state index contributed by atoms with van der Waals surface area (Å²) in [5, 5.41) is 0. The van der Waals surface area contributed by atoms with Gasteiger partial charge in [-0.1, -0.05) is 54.8 Å². The Labute approximate surface area is 176 Å². The summed E-state index contributed by atoms with van der Waals surface area (Å²) in [6, 6.07) is 8.05. The molecule has 1 aromatic rings. The summed E-state index contributed by atoms with van der Waals surface area (Å²) in [4.78, 5) is 13.8. The van der Waals surface area contributed by atoms with E-state index in [2.05, 4.69) is 31.9 Å². The normalized spacial score (nSPS) is 43.0. The molecule has 5 rings (SSSR count). The fourth-order valence-electron chi connectivity index (χ4n) is 8.09. The topological polar surface area (TPSA) is 17.1 Å². The van der Waals surface area contributed by atoms with Gasteiger partial charge in [-0.3, -0.25) is 4.79 Å². The Bertz CT molecular complexity index is 871. The number of allylic oxidation sites excluding steroid dienone is 2. The summed E-state index contributed by atoms with van der Waals surface area (Å²) in [7, 11) is 0. The first-order chi connectivity index (χ1) is 14.0. The molecule has 3 saturated carbocycles. The van der Waals surface area contributed by atoms with Gasteiger partial charge in [0, 0.05) is 5.56 Å². The van der Waals surface area contributed by atoms with E-state index >= 15 is 0 Å². The Hall–Kier alpha value is -1.81. The largest absolute Gasteiger partial charge is 0.292 e. The van der Waals surface area contributed by atoms with Crippen LogP contribution in [-0.2, 0) is 0 Å². The van der Waals surface area contributed by atoms with Crippen molar-refractivity contribution < 1.29 is 4.79 Å². The molecule has 1 nitrogen and oxygen atoms in total. The Balaban J connectivity index is 1.48. The molecule has 152 valence electrons. The summed E-state index contributed by atoms with van der Waals surface area (Å²) in [5.41, 5.74) is 1.31. The number of fused-ring (bicyclic) bond motifs is 5. The van der Waals surface area contributed by atoms with Gasteiger partial charge in [0.05, 0.1) is 5.41 Å². The highest BCUT2D eigenvalue weighted by molar-refractivity contribution is 6.03. The second kappa shape index (κ2) is 6.87. The Morgan fingerprint density at radius 2 is 1.72 bits per heavy atom. The van der Waals surface area contributed by atoms with Gasteiger partial charge in [-0.2, -0.15) is 0 Å². The van der Waals surface area contributed by atoms with E-state index in [0.29, 0.717) is 5.92 Å². The molecule has 7 atom stereocenters. The molecule has 0 spiro atoms. The number of carbonyl (C=O) groups is 1. The summed E-state index contributed by atoms with van der Waals surface area (Å²) >= 11 is 0. The molecule has 29 heavy (non-hydrogen) atoms. The monoisotopic (exact) mass is 386 g/mol. The van der Waals surface area contributed by atoms with E-state index in [4.69, 9.17) is 6.42 Å². The van der Waals surface area contributed by atoms with Gasteiger partial charge in [0.25, 0.3) is 0 Å². The van der Waals surface area contributed by atoms with Gasteiger partial charge < -0.3 is 0 Å². The molecule has 1 unspecified atom stereocenters. The van der Waals surface area contributed by atoms with Crippen LogP contribution in [0.5, 0.6) is 0 Å². The molecule has 0 radical (unpaired) electrons. The van der Waals surface area contributed by atoms with Crippen molar-refractivity contribution in [2.24, 2.45) is 40.4 Å². The van der Waals surface area contributed by atoms with Gasteiger partial charge in [0.1, 0.15) is 0 Å². The van der Waals surface area contributed by atoms with Gasteiger partial charge in [0.2, 0.25) is 0 Å². The summed E-state index contributed by atoms with van der Waals surface area (Å²) in [6.07, 6.45) is 20.7. The lowest BCUT2D eigenvalue weighted by molar-refractivity contribution is -0.0587. The first-order valence-electron chi connectivity index (χ1n) is 11.7. The maximum absolute atomic E-state index is 13.8. The van der Waals surface area contributed by atoms with Crippen LogP contribution in [0.15, 0.2) is 36.4 Å². The molecule has 4 aliphatic carbocycles. The minimum absolute atomic E-state index is 0.0533. The number of ketones is 1. The predicted octanol–water partition coefficient (Wildman–Crippen LogP) is 6.62. The second-order valence-corrected chi connectivity index (χ2v) is 10.6. The fraction of sp³-hybridized carbons (Fsp3) is 0.607. The average molecular weight is 387 g/mol. The predicted molar refractivity (Wildman–Crippen MR) is 118 cm³/mol. The maximum Gasteiger partial charge on any atom is 0.181 e. The number of Topliss-reactive ketones (excluding diaryl/α,β-unsaturated/α-hetero) is 1. The van der Waals surface area contributed by atoms with Gasteiger partial charge >= 0.3 is 0 Å². The smallest absolute Gasteiger partial charge is 0.181 e. The minimum atomic E-state index is -0.624. The van der Waals surface area contributed by atoms with Gasteiger partial charge in [-0.05, 0) is 93.3 Å². The van der Waals surface area contributed by atoms with Crippen LogP contribution < -0.4 is 0 Å². The molecule has 0 bridgehead atoms. The van der Waals surface area contributed by atoms with Crippen molar-refractivity contribution in [1.29, 1.82) is 0 Å². The van der Waals surface area contributed by atoms with E-state index in [9.17, 15) is 4.79 Å². The van der Waals surface area contributed by atoms with Crippen LogP contribution in [0.3, 0.4) is 0 Å². The average Bonchev–Trinajstić information content (AvgIpc) is 3.07. The first-order valence-corrected chi connectivity index (χ1v) is 11.7. The number of hydrogen-bond acceptors (Lipinski definition) is 1. The lowest BCUT2D eigenvalue weighted by Gasteiger charge is -2.56. The Kier molecular flexibility index (Phi) is 4.54. The van der Waals surface area contributed by atoms with Gasteiger partial charge in [-0.15, -0.1) is 6.42 Å². The van der Waals surface area contributed by atoms with Crippen LogP contribution in [0, 0.1) is 59.7 Å². The third-order valence-corrected chi connectivity index (χ3v) is 9.68. The molecule has 1 heteroatoms. The van der Waals surface area contributed by atoms with Gasteiger partial charge in [0.15, 0.2) is 5.78 Å². The quantitative estimate of drug-likeness (QED) is 0.317. The van der Waals surface area contributed by atoms with Crippen molar-refractivity contribution in [2.75, 3.05) is 0 Å². The molecule has 0 aliphatic heterocycles. The first kappa shape index (κ1) is 19.2. The van der Waals surface area contributed by atoms with E-state index in [0.717, 1.165) is 48.5 Å². The van der Waals surface area contributed by atoms with E-state index in [-0.39, 0.29) is 11.2 Å². The number of aryl methyl sites for hydroxylation is 1. The third kappa shape index (κ3) is 2.64. The van der Waals surface area contributed by atoms with Crippen LogP contribution in [0.4, 0.5) is 0 Å². The lowest BCUT2D eigenvalue weighted by Crippen LogP contribution is -2.52. The molecule has 0 heterocycles. The molecule has 3 fully saturated rings. The molecule has 0 saturated heterocycles. The number of rotatable bonds is 2. The Morgan fingerprint density at radius 1 is 0.966 bits per heavy atom. The van der Waals surface area contributed by atoms with Crippen molar-refractivity contribution in [3.63, 3.8) is 0 Å². The van der Waals surface area contributed by atoms with E-state index in [1.54, 1.807) is 0 Å². The van der Waals surface area contributed by atoms with Crippen molar-refractivity contribution >= 4 is 5.78 Å². The van der Waals surface area contributed by atoms with E-state index in [1.165, 1.54) is 37.7 Å². The number of benzene rings is 1. The second-order valence-electron chi connectivity index (χ2n) is 10.6. The van der Waals surface area contributed by atoms with E-state index < -0.39 is 5.41 Å². The van der Waals surface area contributed by atoms with Crippen LogP contribution >= 0.6 is 0 Å². The van der Waals surface area contributed by atoms with Crippen molar-refractivity contribution in [1.82, 2.24) is 0 Å². The molecule has 4 aliphatic rings. The van der Waals surface area contributed by atoms with E-state index in [1.807, 2.05) is 24.3 Å². The minimum Gasteiger partial charge on any atom is -0.292 e. The standard InChI is InChI=1S/C28H34O/c1-4-28(26(29)21-11-9-19(2)10-12-21)18-16-25-24-14-13-20-7-5-6-8-22(20)23(24)15-17-27(25,28)3/h1,5-6,9-12,20,22-25H,7-8,13-18H2,2-3H3/t20?,22-,23+,24+,25-,27-,28+/m0/s1. The van der Waals surface area contributed by atoms with Crippen LogP contribution in [0.1, 0.15) is 74.2 Å². The molecular formula is C28H34O. The van der Waals surface area contributed by atoms with Gasteiger partial charge in [-0.25, -0.2) is 0 Å². The summed E-state index contributed by atoms with van der Waals surface area (Å²) < 4.78 is 0. The number of carbonyl (C=O) groups excluding carboxylic acids is 1. The maximum atomic E-state index is 13.8. The molecule has 0 aromatic heterocycles.